The first kappa shape index (κ1) is 15.9. The van der Waals surface area contributed by atoms with Gasteiger partial charge in [-0.1, -0.05) is 25.5 Å². The van der Waals surface area contributed by atoms with Crippen LogP contribution in [0.4, 0.5) is 0 Å². The van der Waals surface area contributed by atoms with Crippen molar-refractivity contribution >= 4 is 5.78 Å². The molecule has 3 fully saturated rings. The first-order valence-electron chi connectivity index (χ1n) is 9.83. The number of carbonyl (C=O) groups is 1. The zero-order valence-electron chi connectivity index (χ0n) is 15.1. The fourth-order valence-corrected chi connectivity index (χ4v) is 7.53. The van der Waals surface area contributed by atoms with Gasteiger partial charge in [0.1, 0.15) is 5.78 Å². The van der Waals surface area contributed by atoms with E-state index in [1.165, 1.54) is 38.5 Å². The number of allylic oxidation sites excluding steroid dienone is 2. The van der Waals surface area contributed by atoms with E-state index in [1.54, 1.807) is 5.57 Å². The summed E-state index contributed by atoms with van der Waals surface area (Å²) in [4.78, 5) is 12.2. The highest BCUT2D eigenvalue weighted by atomic mass is 16.1. The Balaban J connectivity index is 1.66. The Labute approximate surface area is 141 Å². The zero-order chi connectivity index (χ0) is 16.4. The molecule has 0 aromatic heterocycles. The lowest BCUT2D eigenvalue weighted by molar-refractivity contribution is -0.124. The fourth-order valence-electron chi connectivity index (χ4n) is 7.53. The average molecular weight is 316 g/mol. The smallest absolute Gasteiger partial charge is 0.137 e. The van der Waals surface area contributed by atoms with E-state index >= 15 is 0 Å². The third-order valence-electron chi connectivity index (χ3n) is 8.58. The Hall–Kier alpha value is -0.630. The number of hydrogen-bond acceptors (Lipinski definition) is 2. The van der Waals surface area contributed by atoms with Crippen molar-refractivity contribution in [3.05, 3.63) is 11.6 Å². The predicted molar refractivity (Wildman–Crippen MR) is 93.8 cm³/mol. The van der Waals surface area contributed by atoms with Crippen molar-refractivity contribution in [2.24, 2.45) is 40.2 Å². The van der Waals surface area contributed by atoms with Gasteiger partial charge in [-0.25, -0.2) is 0 Å². The maximum absolute atomic E-state index is 12.2. The maximum Gasteiger partial charge on any atom is 0.137 e. The second kappa shape index (κ2) is 5.18. The van der Waals surface area contributed by atoms with Crippen LogP contribution in [0.25, 0.3) is 0 Å². The van der Waals surface area contributed by atoms with Crippen LogP contribution in [0.5, 0.6) is 0 Å². The number of rotatable bonds is 1. The summed E-state index contributed by atoms with van der Waals surface area (Å²) in [6.45, 7) is 7.16. The van der Waals surface area contributed by atoms with E-state index in [-0.39, 0.29) is 5.41 Å². The second-order valence-electron chi connectivity index (χ2n) is 9.57. The molecule has 0 bridgehead atoms. The fraction of sp³-hybridized carbons (Fsp3) is 0.857. The molecule has 7 atom stereocenters. The van der Waals surface area contributed by atoms with Crippen LogP contribution in [-0.2, 0) is 4.79 Å². The molecule has 2 nitrogen and oxygen atoms in total. The molecule has 1 unspecified atom stereocenters. The van der Waals surface area contributed by atoms with Crippen LogP contribution in [0.2, 0.25) is 0 Å². The molecule has 3 saturated carbocycles. The van der Waals surface area contributed by atoms with E-state index in [0.717, 1.165) is 24.2 Å². The second-order valence-corrected chi connectivity index (χ2v) is 9.57. The van der Waals surface area contributed by atoms with Crippen molar-refractivity contribution in [1.82, 2.24) is 0 Å². The topological polar surface area (TPSA) is 43.1 Å². The van der Waals surface area contributed by atoms with Crippen LogP contribution < -0.4 is 5.73 Å². The van der Waals surface area contributed by atoms with Crippen molar-refractivity contribution in [3.63, 3.8) is 0 Å². The number of hydrogen-bond donors (Lipinski definition) is 1. The molecule has 128 valence electrons. The highest BCUT2D eigenvalue weighted by molar-refractivity contribution is 5.82. The van der Waals surface area contributed by atoms with Crippen LogP contribution in [0.3, 0.4) is 0 Å². The molecule has 0 aliphatic heterocycles. The van der Waals surface area contributed by atoms with E-state index in [4.69, 9.17) is 5.73 Å². The Morgan fingerprint density at radius 2 is 1.96 bits per heavy atom. The Bertz CT molecular complexity index is 550. The van der Waals surface area contributed by atoms with Crippen LogP contribution in [0.1, 0.15) is 72.1 Å². The van der Waals surface area contributed by atoms with Crippen molar-refractivity contribution in [2.45, 2.75) is 78.2 Å². The molecule has 0 heterocycles. The van der Waals surface area contributed by atoms with E-state index in [0.29, 0.717) is 29.6 Å². The van der Waals surface area contributed by atoms with E-state index in [9.17, 15) is 4.79 Å². The normalized spacial score (nSPS) is 50.6. The molecular formula is C21H33NO. The van der Waals surface area contributed by atoms with Crippen LogP contribution in [0.15, 0.2) is 11.6 Å². The minimum absolute atomic E-state index is 0.173. The van der Waals surface area contributed by atoms with E-state index in [2.05, 4.69) is 26.8 Å². The molecule has 23 heavy (non-hydrogen) atoms. The van der Waals surface area contributed by atoms with Gasteiger partial charge in [-0.05, 0) is 80.0 Å². The largest absolute Gasteiger partial charge is 0.328 e. The number of nitrogens with two attached hydrogens (primary N) is 1. The molecule has 4 aliphatic rings. The molecule has 0 spiro atoms. The number of carbonyl (C=O) groups excluding carboxylic acids is 1. The van der Waals surface area contributed by atoms with Gasteiger partial charge in [0.05, 0.1) is 0 Å². The molecule has 0 aromatic rings. The summed E-state index contributed by atoms with van der Waals surface area (Å²) in [5.41, 5.74) is 8.59. The van der Waals surface area contributed by atoms with Crippen molar-refractivity contribution in [2.75, 3.05) is 0 Å². The number of ketones is 1. The Morgan fingerprint density at radius 3 is 2.70 bits per heavy atom. The van der Waals surface area contributed by atoms with Crippen LogP contribution in [-0.4, -0.2) is 11.8 Å². The van der Waals surface area contributed by atoms with Crippen LogP contribution in [0, 0.1) is 34.5 Å². The first-order valence-corrected chi connectivity index (χ1v) is 9.83. The van der Waals surface area contributed by atoms with Crippen molar-refractivity contribution < 1.29 is 4.79 Å². The lowest BCUT2D eigenvalue weighted by atomic mass is 9.46. The van der Waals surface area contributed by atoms with Crippen molar-refractivity contribution in [1.29, 1.82) is 0 Å². The molecular weight excluding hydrogens is 282 g/mol. The minimum atomic E-state index is 0.173. The number of Topliss-reactive ketones (excluding diaryl/α,β-unsaturated/α-hetero) is 1. The molecule has 0 aromatic carbocycles. The Morgan fingerprint density at radius 1 is 1.17 bits per heavy atom. The van der Waals surface area contributed by atoms with Gasteiger partial charge in [0.2, 0.25) is 0 Å². The van der Waals surface area contributed by atoms with Gasteiger partial charge in [-0.3, -0.25) is 4.79 Å². The predicted octanol–water partition coefficient (Wildman–Crippen LogP) is 4.48. The standard InChI is InChI=1S/C21H33NO/c1-13(22)17-8-9-18-16-7-5-14-4-6-15(23)12-21(14,3)19(16)10-11-20(17,18)2/h4,13,16-19H,5-12,22H2,1-3H3/t13?,16-,17+,18-,19-,20+,21-/m0/s1. The summed E-state index contributed by atoms with van der Waals surface area (Å²) in [5, 5.41) is 0. The monoisotopic (exact) mass is 315 g/mol. The molecule has 4 rings (SSSR count). The first-order chi connectivity index (χ1) is 10.9. The van der Waals surface area contributed by atoms with E-state index in [1.807, 2.05) is 0 Å². The third-order valence-corrected chi connectivity index (χ3v) is 8.58. The summed E-state index contributed by atoms with van der Waals surface area (Å²) >= 11 is 0. The third kappa shape index (κ3) is 2.13. The molecule has 4 aliphatic carbocycles. The van der Waals surface area contributed by atoms with Gasteiger partial charge in [0.15, 0.2) is 0 Å². The molecule has 2 heteroatoms. The van der Waals surface area contributed by atoms with Crippen molar-refractivity contribution in [3.8, 4) is 0 Å². The summed E-state index contributed by atoms with van der Waals surface area (Å²) in [7, 11) is 0. The van der Waals surface area contributed by atoms with Gasteiger partial charge in [0, 0.05) is 18.9 Å². The molecule has 0 amide bonds. The minimum Gasteiger partial charge on any atom is -0.328 e. The van der Waals surface area contributed by atoms with Gasteiger partial charge < -0.3 is 5.73 Å². The lowest BCUT2D eigenvalue weighted by Gasteiger charge is -2.58. The zero-order valence-corrected chi connectivity index (χ0v) is 15.1. The summed E-state index contributed by atoms with van der Waals surface area (Å²) in [5.74, 6) is 3.56. The Kier molecular flexibility index (Phi) is 3.58. The molecule has 0 radical (unpaired) electrons. The summed E-state index contributed by atoms with van der Waals surface area (Å²) in [6.07, 6.45) is 11.7. The van der Waals surface area contributed by atoms with Crippen LogP contribution >= 0.6 is 0 Å². The summed E-state index contributed by atoms with van der Waals surface area (Å²) in [6, 6.07) is 0.326. The van der Waals surface area contributed by atoms with Gasteiger partial charge in [-0.2, -0.15) is 0 Å². The average Bonchev–Trinajstić information content (AvgIpc) is 2.83. The van der Waals surface area contributed by atoms with Gasteiger partial charge >= 0.3 is 0 Å². The summed E-state index contributed by atoms with van der Waals surface area (Å²) < 4.78 is 0. The van der Waals surface area contributed by atoms with Gasteiger partial charge in [0.25, 0.3) is 0 Å². The lowest BCUT2D eigenvalue weighted by Crippen LogP contribution is -2.52. The molecule has 2 N–H and O–H groups in total. The maximum atomic E-state index is 12.2. The highest BCUT2D eigenvalue weighted by Gasteiger charge is 2.59. The molecule has 0 saturated heterocycles. The van der Waals surface area contributed by atoms with E-state index < -0.39 is 0 Å². The SMILES string of the molecule is CC(N)[C@H]1CC[C@H]2[C@@H]3CCC4=CCC(=O)C[C@]4(C)[C@H]3CC[C@]12C. The number of fused-ring (bicyclic) bond motifs is 5. The van der Waals surface area contributed by atoms with Gasteiger partial charge in [-0.15, -0.1) is 0 Å². The highest BCUT2D eigenvalue weighted by Crippen LogP contribution is 2.66. The quantitative estimate of drug-likeness (QED) is 0.725.